The van der Waals surface area contributed by atoms with Crippen LogP contribution in [0.25, 0.3) is 11.4 Å². The number of aromatic nitrogens is 3. The molecule has 0 unspecified atom stereocenters. The summed E-state index contributed by atoms with van der Waals surface area (Å²) in [6, 6.07) is 16.8. The summed E-state index contributed by atoms with van der Waals surface area (Å²) in [5.74, 6) is 1.70. The number of rotatable bonds is 5. The highest BCUT2D eigenvalue weighted by Gasteiger charge is 2.45. The Morgan fingerprint density at radius 2 is 1.84 bits per heavy atom. The zero-order valence-corrected chi connectivity index (χ0v) is 14.7. The van der Waals surface area contributed by atoms with Gasteiger partial charge in [-0.25, -0.2) is 9.97 Å². The Kier molecular flexibility index (Phi) is 3.96. The lowest BCUT2D eigenvalue weighted by molar-refractivity contribution is 0.668. The standard InChI is InChI=1S/C21H22N4/c1-16-13-19(24-20(23-16)17-7-6-12-22-14-17)25(2)15-21(10-11-21)18-8-4-3-5-9-18/h3-9,12-14H,10-11,15H2,1-2H3. The molecule has 2 aromatic heterocycles. The summed E-state index contributed by atoms with van der Waals surface area (Å²) in [4.78, 5) is 15.8. The summed E-state index contributed by atoms with van der Waals surface area (Å²) in [5, 5.41) is 0. The van der Waals surface area contributed by atoms with Gasteiger partial charge in [-0.1, -0.05) is 30.3 Å². The zero-order chi connectivity index (χ0) is 17.3. The maximum Gasteiger partial charge on any atom is 0.163 e. The maximum atomic E-state index is 4.78. The molecule has 0 bridgehead atoms. The molecule has 0 spiro atoms. The molecule has 25 heavy (non-hydrogen) atoms. The quantitative estimate of drug-likeness (QED) is 0.709. The van der Waals surface area contributed by atoms with Gasteiger partial charge in [-0.15, -0.1) is 0 Å². The lowest BCUT2D eigenvalue weighted by Gasteiger charge is -2.25. The lowest BCUT2D eigenvalue weighted by atomic mass is 9.95. The van der Waals surface area contributed by atoms with E-state index in [0.717, 1.165) is 29.4 Å². The van der Waals surface area contributed by atoms with E-state index >= 15 is 0 Å². The van der Waals surface area contributed by atoms with Gasteiger partial charge in [0.15, 0.2) is 5.82 Å². The molecular formula is C21H22N4. The van der Waals surface area contributed by atoms with E-state index in [1.54, 1.807) is 6.20 Å². The van der Waals surface area contributed by atoms with Crippen molar-refractivity contribution < 1.29 is 0 Å². The Labute approximate surface area is 148 Å². The van der Waals surface area contributed by atoms with Crippen molar-refractivity contribution in [2.75, 3.05) is 18.5 Å². The number of anilines is 1. The van der Waals surface area contributed by atoms with Gasteiger partial charge in [0.1, 0.15) is 5.82 Å². The van der Waals surface area contributed by atoms with Crippen LogP contribution in [0.2, 0.25) is 0 Å². The van der Waals surface area contributed by atoms with Crippen LogP contribution >= 0.6 is 0 Å². The molecule has 1 aromatic carbocycles. The minimum absolute atomic E-state index is 0.267. The molecule has 0 aliphatic heterocycles. The molecule has 3 aromatic rings. The Morgan fingerprint density at radius 3 is 2.52 bits per heavy atom. The molecule has 1 aliphatic carbocycles. The normalized spacial score (nSPS) is 15.0. The van der Waals surface area contributed by atoms with Gasteiger partial charge in [0.2, 0.25) is 0 Å². The van der Waals surface area contributed by atoms with Gasteiger partial charge in [-0.2, -0.15) is 0 Å². The minimum atomic E-state index is 0.267. The first kappa shape index (κ1) is 15.8. The van der Waals surface area contributed by atoms with E-state index in [2.05, 4.69) is 58.3 Å². The van der Waals surface area contributed by atoms with Crippen molar-refractivity contribution in [2.24, 2.45) is 0 Å². The van der Waals surface area contributed by atoms with Crippen LogP contribution in [0.5, 0.6) is 0 Å². The molecule has 0 radical (unpaired) electrons. The average Bonchev–Trinajstić information content (AvgIpc) is 3.43. The van der Waals surface area contributed by atoms with Crippen molar-refractivity contribution in [3.05, 3.63) is 72.2 Å². The second-order valence-electron chi connectivity index (χ2n) is 6.94. The Balaban J connectivity index is 1.61. The van der Waals surface area contributed by atoms with Crippen LogP contribution in [0.1, 0.15) is 24.1 Å². The van der Waals surface area contributed by atoms with Crippen molar-refractivity contribution in [1.82, 2.24) is 15.0 Å². The maximum absolute atomic E-state index is 4.78. The van der Waals surface area contributed by atoms with Crippen molar-refractivity contribution in [1.29, 1.82) is 0 Å². The van der Waals surface area contributed by atoms with E-state index in [1.165, 1.54) is 18.4 Å². The first-order chi connectivity index (χ1) is 12.2. The fourth-order valence-corrected chi connectivity index (χ4v) is 3.39. The van der Waals surface area contributed by atoms with E-state index in [0.29, 0.717) is 0 Å². The summed E-state index contributed by atoms with van der Waals surface area (Å²) in [6.07, 6.45) is 6.05. The summed E-state index contributed by atoms with van der Waals surface area (Å²) in [7, 11) is 2.12. The average molecular weight is 330 g/mol. The van der Waals surface area contributed by atoms with Crippen molar-refractivity contribution in [3.8, 4) is 11.4 Å². The summed E-state index contributed by atoms with van der Waals surface area (Å²) >= 11 is 0. The highest BCUT2D eigenvalue weighted by Crippen LogP contribution is 2.48. The number of benzene rings is 1. The first-order valence-corrected chi connectivity index (χ1v) is 8.69. The third-order valence-corrected chi connectivity index (χ3v) is 4.93. The van der Waals surface area contributed by atoms with Gasteiger partial charge in [0, 0.05) is 48.7 Å². The Morgan fingerprint density at radius 1 is 1.04 bits per heavy atom. The van der Waals surface area contributed by atoms with Gasteiger partial charge >= 0.3 is 0 Å². The third-order valence-electron chi connectivity index (χ3n) is 4.93. The summed E-state index contributed by atoms with van der Waals surface area (Å²) < 4.78 is 0. The molecule has 1 fully saturated rings. The van der Waals surface area contributed by atoms with Crippen LogP contribution in [0.15, 0.2) is 60.9 Å². The number of aryl methyl sites for hydroxylation is 1. The van der Waals surface area contributed by atoms with Crippen LogP contribution in [-0.2, 0) is 5.41 Å². The molecule has 0 atom stereocenters. The number of hydrogen-bond donors (Lipinski definition) is 0. The Hall–Kier alpha value is -2.75. The first-order valence-electron chi connectivity index (χ1n) is 8.69. The lowest BCUT2D eigenvalue weighted by Crippen LogP contribution is -2.30. The fraction of sp³-hybridized carbons (Fsp3) is 0.286. The molecule has 4 heteroatoms. The molecule has 1 aliphatic rings. The van der Waals surface area contributed by atoms with Gasteiger partial charge < -0.3 is 4.90 Å². The second kappa shape index (κ2) is 6.28. The smallest absolute Gasteiger partial charge is 0.163 e. The Bertz CT molecular complexity index is 858. The zero-order valence-electron chi connectivity index (χ0n) is 14.7. The molecular weight excluding hydrogens is 308 g/mol. The molecule has 0 N–H and O–H groups in total. The van der Waals surface area contributed by atoms with E-state index in [1.807, 2.05) is 25.3 Å². The molecule has 0 amide bonds. The predicted octanol–water partition coefficient (Wildman–Crippen LogP) is 4.02. The predicted molar refractivity (Wildman–Crippen MR) is 101 cm³/mol. The van der Waals surface area contributed by atoms with Crippen LogP contribution in [0.3, 0.4) is 0 Å². The van der Waals surface area contributed by atoms with E-state index in [-0.39, 0.29) is 5.41 Å². The molecule has 126 valence electrons. The monoisotopic (exact) mass is 330 g/mol. The van der Waals surface area contributed by atoms with E-state index < -0.39 is 0 Å². The molecule has 1 saturated carbocycles. The molecule has 4 rings (SSSR count). The topological polar surface area (TPSA) is 41.9 Å². The van der Waals surface area contributed by atoms with Crippen LogP contribution in [-0.4, -0.2) is 28.5 Å². The fourth-order valence-electron chi connectivity index (χ4n) is 3.39. The van der Waals surface area contributed by atoms with E-state index in [4.69, 9.17) is 4.98 Å². The van der Waals surface area contributed by atoms with Gasteiger partial charge in [-0.05, 0) is 37.5 Å². The van der Waals surface area contributed by atoms with Crippen LogP contribution in [0.4, 0.5) is 5.82 Å². The third kappa shape index (κ3) is 3.25. The number of likely N-dealkylation sites (N-methyl/N-ethyl adjacent to an activating group) is 1. The molecule has 0 saturated heterocycles. The summed E-state index contributed by atoms with van der Waals surface area (Å²) in [5.41, 5.74) is 3.62. The molecule has 4 nitrogen and oxygen atoms in total. The minimum Gasteiger partial charge on any atom is -0.359 e. The SMILES string of the molecule is Cc1cc(N(C)CC2(c3ccccc3)CC2)nc(-c2cccnc2)n1. The van der Waals surface area contributed by atoms with Crippen LogP contribution < -0.4 is 4.90 Å². The van der Waals surface area contributed by atoms with Crippen molar-refractivity contribution in [3.63, 3.8) is 0 Å². The second-order valence-corrected chi connectivity index (χ2v) is 6.94. The highest BCUT2D eigenvalue weighted by molar-refractivity contribution is 5.57. The van der Waals surface area contributed by atoms with Crippen molar-refractivity contribution in [2.45, 2.75) is 25.2 Å². The van der Waals surface area contributed by atoms with Gasteiger partial charge in [0.25, 0.3) is 0 Å². The van der Waals surface area contributed by atoms with E-state index in [9.17, 15) is 0 Å². The largest absolute Gasteiger partial charge is 0.359 e. The summed E-state index contributed by atoms with van der Waals surface area (Å²) in [6.45, 7) is 2.99. The number of nitrogens with zero attached hydrogens (tertiary/aromatic N) is 4. The highest BCUT2D eigenvalue weighted by atomic mass is 15.2. The van der Waals surface area contributed by atoms with Crippen molar-refractivity contribution >= 4 is 5.82 Å². The van der Waals surface area contributed by atoms with Gasteiger partial charge in [-0.3, -0.25) is 4.98 Å². The van der Waals surface area contributed by atoms with Crippen LogP contribution in [0, 0.1) is 6.92 Å². The molecule has 2 heterocycles. The number of hydrogen-bond acceptors (Lipinski definition) is 4. The van der Waals surface area contributed by atoms with Gasteiger partial charge in [0.05, 0.1) is 0 Å². The number of pyridine rings is 1.